The van der Waals surface area contributed by atoms with Crippen molar-refractivity contribution in [3.8, 4) is 0 Å². The Morgan fingerprint density at radius 2 is 2.27 bits per heavy atom. The van der Waals surface area contributed by atoms with Crippen molar-refractivity contribution in [1.29, 1.82) is 0 Å². The lowest BCUT2D eigenvalue weighted by atomic mass is 9.79. The first-order chi connectivity index (χ1) is 7.31. The molecule has 2 rings (SSSR count). The molecule has 0 saturated heterocycles. The molecule has 1 aliphatic carbocycles. The zero-order chi connectivity index (χ0) is 10.7. The van der Waals surface area contributed by atoms with Crippen LogP contribution in [0.1, 0.15) is 30.4 Å². The smallest absolute Gasteiger partial charge is 0.0127 e. The number of benzene rings is 1. The van der Waals surface area contributed by atoms with E-state index in [2.05, 4.69) is 31.2 Å². The van der Waals surface area contributed by atoms with E-state index in [1.165, 1.54) is 12.2 Å². The second kappa shape index (κ2) is 5.04. The van der Waals surface area contributed by atoms with Gasteiger partial charge in [-0.3, -0.25) is 0 Å². The number of hydrogen-bond acceptors (Lipinski definition) is 2. The van der Waals surface area contributed by atoms with E-state index < -0.39 is 0 Å². The van der Waals surface area contributed by atoms with Crippen LogP contribution in [-0.4, -0.2) is 17.5 Å². The highest BCUT2D eigenvalue weighted by Gasteiger charge is 2.24. The molecule has 0 spiro atoms. The van der Waals surface area contributed by atoms with Gasteiger partial charge < -0.3 is 5.73 Å². The Morgan fingerprint density at radius 1 is 1.47 bits per heavy atom. The van der Waals surface area contributed by atoms with Crippen LogP contribution in [-0.2, 0) is 6.42 Å². The summed E-state index contributed by atoms with van der Waals surface area (Å²) in [6.45, 7) is 2.16. The second-order valence-corrected chi connectivity index (χ2v) is 5.38. The monoisotopic (exact) mass is 221 g/mol. The van der Waals surface area contributed by atoms with E-state index in [4.69, 9.17) is 5.73 Å². The topological polar surface area (TPSA) is 26.0 Å². The lowest BCUT2D eigenvalue weighted by Crippen LogP contribution is -2.24. The molecule has 2 unspecified atom stereocenters. The summed E-state index contributed by atoms with van der Waals surface area (Å²) in [6.07, 6.45) is 2.36. The van der Waals surface area contributed by atoms with Gasteiger partial charge in [0, 0.05) is 17.5 Å². The highest BCUT2D eigenvalue weighted by atomic mass is 32.2. The van der Waals surface area contributed by atoms with Crippen LogP contribution in [0.5, 0.6) is 0 Å². The summed E-state index contributed by atoms with van der Waals surface area (Å²) in [5, 5.41) is 0. The molecule has 0 aromatic heterocycles. The van der Waals surface area contributed by atoms with Crippen LogP contribution in [0.2, 0.25) is 0 Å². The maximum Gasteiger partial charge on any atom is 0.0127 e. The van der Waals surface area contributed by atoms with Crippen molar-refractivity contribution in [3.05, 3.63) is 35.4 Å². The summed E-state index contributed by atoms with van der Waals surface area (Å²) in [7, 11) is 0. The minimum Gasteiger partial charge on any atom is -0.327 e. The fourth-order valence-corrected chi connectivity index (χ4v) is 3.25. The van der Waals surface area contributed by atoms with E-state index >= 15 is 0 Å². The summed E-state index contributed by atoms with van der Waals surface area (Å²) in [4.78, 5) is 0. The molecule has 0 heterocycles. The molecule has 0 radical (unpaired) electrons. The van der Waals surface area contributed by atoms with Crippen LogP contribution in [0.4, 0.5) is 0 Å². The first-order valence-corrected chi connectivity index (χ1v) is 6.88. The quantitative estimate of drug-likeness (QED) is 0.827. The summed E-state index contributed by atoms with van der Waals surface area (Å²) in [6, 6.07) is 9.17. The molecule has 2 N–H and O–H groups in total. The standard InChI is InChI=1S/C13H19NS/c1-2-12(14)9-15-8-11-7-10-5-3-4-6-13(10)11/h3-6,11-12H,2,7-9,14H2,1H3. The molecule has 0 aliphatic heterocycles. The van der Waals surface area contributed by atoms with Crippen LogP contribution in [0.15, 0.2) is 24.3 Å². The zero-order valence-electron chi connectivity index (χ0n) is 9.28. The molecule has 0 bridgehead atoms. The summed E-state index contributed by atoms with van der Waals surface area (Å²) >= 11 is 2.01. The van der Waals surface area contributed by atoms with Crippen LogP contribution in [0.25, 0.3) is 0 Å². The van der Waals surface area contributed by atoms with Gasteiger partial charge in [0.25, 0.3) is 0 Å². The molecule has 0 amide bonds. The molecule has 2 atom stereocenters. The van der Waals surface area contributed by atoms with Gasteiger partial charge in [0.15, 0.2) is 0 Å². The number of thioether (sulfide) groups is 1. The third-order valence-corrected chi connectivity index (χ3v) is 4.44. The molecule has 2 heteroatoms. The van der Waals surface area contributed by atoms with Crippen molar-refractivity contribution in [2.45, 2.75) is 31.7 Å². The predicted octanol–water partition coefficient (Wildman–Crippen LogP) is 2.80. The van der Waals surface area contributed by atoms with Crippen molar-refractivity contribution in [2.75, 3.05) is 11.5 Å². The number of rotatable bonds is 5. The minimum absolute atomic E-state index is 0.380. The highest BCUT2D eigenvalue weighted by Crippen LogP contribution is 2.36. The van der Waals surface area contributed by atoms with Gasteiger partial charge in [-0.1, -0.05) is 31.2 Å². The summed E-state index contributed by atoms with van der Waals surface area (Å²) in [5.41, 5.74) is 9.00. The van der Waals surface area contributed by atoms with Gasteiger partial charge in [0.05, 0.1) is 0 Å². The minimum atomic E-state index is 0.380. The van der Waals surface area contributed by atoms with E-state index in [-0.39, 0.29) is 0 Å². The average Bonchev–Trinajstić information content (AvgIpc) is 2.24. The fourth-order valence-electron chi connectivity index (χ4n) is 1.99. The van der Waals surface area contributed by atoms with E-state index in [1.54, 1.807) is 11.1 Å². The second-order valence-electron chi connectivity index (χ2n) is 4.31. The molecule has 82 valence electrons. The molecular weight excluding hydrogens is 202 g/mol. The summed E-state index contributed by atoms with van der Waals surface area (Å²) in [5.74, 6) is 3.13. The van der Waals surface area contributed by atoms with E-state index in [9.17, 15) is 0 Å². The van der Waals surface area contributed by atoms with Crippen molar-refractivity contribution in [1.82, 2.24) is 0 Å². The zero-order valence-corrected chi connectivity index (χ0v) is 10.1. The predicted molar refractivity (Wildman–Crippen MR) is 68.5 cm³/mol. The van der Waals surface area contributed by atoms with Gasteiger partial charge >= 0.3 is 0 Å². The maximum absolute atomic E-state index is 5.89. The van der Waals surface area contributed by atoms with Crippen LogP contribution in [0, 0.1) is 0 Å². The molecular formula is C13H19NS. The molecule has 1 aromatic rings. The lowest BCUT2D eigenvalue weighted by molar-refractivity contribution is 0.673. The maximum atomic E-state index is 5.89. The van der Waals surface area contributed by atoms with Gasteiger partial charge in [0.1, 0.15) is 0 Å². The van der Waals surface area contributed by atoms with E-state index in [1.807, 2.05) is 11.8 Å². The normalized spacial score (nSPS) is 20.5. The van der Waals surface area contributed by atoms with E-state index in [0.29, 0.717) is 6.04 Å². The lowest BCUT2D eigenvalue weighted by Gasteiger charge is -2.30. The van der Waals surface area contributed by atoms with Gasteiger partial charge in [-0.25, -0.2) is 0 Å². The van der Waals surface area contributed by atoms with Gasteiger partial charge in [-0.15, -0.1) is 0 Å². The molecule has 0 saturated carbocycles. The Hall–Kier alpha value is -0.470. The van der Waals surface area contributed by atoms with Crippen molar-refractivity contribution < 1.29 is 0 Å². The first kappa shape index (κ1) is 11.0. The van der Waals surface area contributed by atoms with Crippen LogP contribution >= 0.6 is 11.8 Å². The molecule has 1 nitrogen and oxygen atoms in total. The largest absolute Gasteiger partial charge is 0.327 e. The van der Waals surface area contributed by atoms with Crippen molar-refractivity contribution in [2.24, 2.45) is 5.73 Å². The molecule has 1 aromatic carbocycles. The Balaban J connectivity index is 1.75. The van der Waals surface area contributed by atoms with Gasteiger partial charge in [0.2, 0.25) is 0 Å². The van der Waals surface area contributed by atoms with E-state index in [0.717, 1.165) is 18.1 Å². The average molecular weight is 221 g/mol. The Morgan fingerprint density at radius 3 is 3.00 bits per heavy atom. The number of fused-ring (bicyclic) bond motifs is 1. The van der Waals surface area contributed by atoms with Crippen molar-refractivity contribution in [3.63, 3.8) is 0 Å². The fraction of sp³-hybridized carbons (Fsp3) is 0.538. The Kier molecular flexibility index (Phi) is 3.71. The highest BCUT2D eigenvalue weighted by molar-refractivity contribution is 7.99. The molecule has 1 aliphatic rings. The van der Waals surface area contributed by atoms with Gasteiger partial charge in [-0.2, -0.15) is 11.8 Å². The van der Waals surface area contributed by atoms with Gasteiger partial charge in [-0.05, 0) is 29.9 Å². The SMILES string of the molecule is CCC(N)CSCC1Cc2ccccc21. The Bertz CT molecular complexity index is 324. The van der Waals surface area contributed by atoms with Crippen molar-refractivity contribution >= 4 is 11.8 Å². The Labute approximate surface area is 96.4 Å². The first-order valence-electron chi connectivity index (χ1n) is 5.72. The number of hydrogen-bond donors (Lipinski definition) is 1. The third-order valence-electron chi connectivity index (χ3n) is 3.14. The summed E-state index contributed by atoms with van der Waals surface area (Å²) < 4.78 is 0. The van der Waals surface area contributed by atoms with Crippen LogP contribution < -0.4 is 5.73 Å². The molecule has 0 fully saturated rings. The third kappa shape index (κ3) is 2.56. The number of nitrogens with two attached hydrogens (primary N) is 1. The molecule has 15 heavy (non-hydrogen) atoms. The van der Waals surface area contributed by atoms with Crippen LogP contribution in [0.3, 0.4) is 0 Å².